The first kappa shape index (κ1) is 23.0. The van der Waals surface area contributed by atoms with Gasteiger partial charge in [-0.2, -0.15) is 10.2 Å². The Kier molecular flexibility index (Phi) is 6.36. The van der Waals surface area contributed by atoms with Crippen molar-refractivity contribution in [2.45, 2.75) is 33.2 Å². The van der Waals surface area contributed by atoms with Crippen LogP contribution in [0.3, 0.4) is 0 Å². The van der Waals surface area contributed by atoms with Crippen LogP contribution in [0.2, 0.25) is 0 Å². The van der Waals surface area contributed by atoms with Crippen LogP contribution in [0.15, 0.2) is 53.3 Å². The number of rotatable bonds is 7. The average molecular weight is 462 g/mol. The van der Waals surface area contributed by atoms with Gasteiger partial charge in [0.25, 0.3) is 5.56 Å². The smallest absolute Gasteiger partial charge is 0.278 e. The minimum Gasteiger partial charge on any atom is -0.497 e. The van der Waals surface area contributed by atoms with Gasteiger partial charge in [-0.05, 0) is 44.5 Å². The lowest BCUT2D eigenvalue weighted by molar-refractivity contribution is -0.119. The number of ether oxygens (including phenoxy) is 2. The first-order chi connectivity index (χ1) is 16.4. The summed E-state index contributed by atoms with van der Waals surface area (Å²) in [6.07, 6.45) is 0.369. The predicted molar refractivity (Wildman–Crippen MR) is 130 cm³/mol. The molecule has 0 spiro atoms. The number of amides is 1. The number of benzene rings is 2. The predicted octanol–water partition coefficient (Wildman–Crippen LogP) is 3.81. The van der Waals surface area contributed by atoms with Crippen molar-refractivity contribution in [2.24, 2.45) is 0 Å². The molecule has 1 N–H and O–H groups in total. The summed E-state index contributed by atoms with van der Waals surface area (Å²) in [7, 11) is 3.07. The minimum absolute atomic E-state index is 0.357. The first-order valence-corrected chi connectivity index (χ1v) is 11.0. The van der Waals surface area contributed by atoms with Gasteiger partial charge in [-0.3, -0.25) is 9.59 Å². The molecule has 0 aliphatic heterocycles. The molecule has 0 radical (unpaired) electrons. The molecule has 0 saturated heterocycles. The Hall–Kier alpha value is -4.14. The molecule has 2 aromatic heterocycles. The van der Waals surface area contributed by atoms with Crippen molar-refractivity contribution in [3.05, 3.63) is 70.3 Å². The lowest BCUT2D eigenvalue weighted by Gasteiger charge is -2.18. The third kappa shape index (κ3) is 4.00. The summed E-state index contributed by atoms with van der Waals surface area (Å²) in [5, 5.41) is 12.4. The number of methoxy groups -OCH3 is 2. The zero-order valence-corrected chi connectivity index (χ0v) is 19.8. The van der Waals surface area contributed by atoms with Crippen molar-refractivity contribution in [1.29, 1.82) is 0 Å². The van der Waals surface area contributed by atoms with E-state index in [9.17, 15) is 9.59 Å². The molecule has 2 heterocycles. The Morgan fingerprint density at radius 3 is 2.44 bits per heavy atom. The number of hydrogen-bond acceptors (Lipinski definition) is 6. The van der Waals surface area contributed by atoms with Gasteiger partial charge in [0, 0.05) is 6.07 Å². The van der Waals surface area contributed by atoms with Crippen molar-refractivity contribution in [3.63, 3.8) is 0 Å². The molecule has 0 aliphatic carbocycles. The largest absolute Gasteiger partial charge is 0.497 e. The molecule has 2 aromatic carbocycles. The monoisotopic (exact) mass is 461 g/mol. The third-order valence-corrected chi connectivity index (χ3v) is 5.79. The molecule has 4 rings (SSSR count). The van der Waals surface area contributed by atoms with Crippen molar-refractivity contribution < 1.29 is 14.3 Å². The van der Waals surface area contributed by atoms with Crippen molar-refractivity contribution in [3.8, 4) is 17.2 Å². The van der Waals surface area contributed by atoms with Crippen molar-refractivity contribution in [1.82, 2.24) is 19.6 Å². The molecule has 0 saturated carbocycles. The van der Waals surface area contributed by atoms with E-state index in [-0.39, 0.29) is 11.5 Å². The van der Waals surface area contributed by atoms with Gasteiger partial charge in [0.2, 0.25) is 5.91 Å². The van der Waals surface area contributed by atoms with Crippen LogP contribution in [0.1, 0.15) is 30.8 Å². The molecule has 0 fully saturated rings. The summed E-state index contributed by atoms with van der Waals surface area (Å²) in [6, 6.07) is 13.9. The fourth-order valence-electron chi connectivity index (χ4n) is 4.00. The summed E-state index contributed by atoms with van der Waals surface area (Å²) in [5.41, 5.74) is 2.75. The van der Waals surface area contributed by atoms with Gasteiger partial charge in [-0.1, -0.05) is 25.1 Å². The standard InChI is InChI=1S/C25H27N5O4/c1-6-20(24(31)26-19-13-12-18(33-4)14-21(19)34-5)30-25(32)22-16(3)29(17-10-8-7-9-11-17)28-23(22)15(2)27-30/h7-14,20H,6H2,1-5H3,(H,26,31). The summed E-state index contributed by atoms with van der Waals surface area (Å²) in [4.78, 5) is 26.8. The molecule has 176 valence electrons. The van der Waals surface area contributed by atoms with Crippen LogP contribution in [0.5, 0.6) is 11.5 Å². The molecule has 34 heavy (non-hydrogen) atoms. The van der Waals surface area contributed by atoms with Gasteiger partial charge in [0.15, 0.2) is 0 Å². The van der Waals surface area contributed by atoms with Gasteiger partial charge >= 0.3 is 0 Å². The first-order valence-electron chi connectivity index (χ1n) is 11.0. The normalized spacial score (nSPS) is 11.9. The highest BCUT2D eigenvalue weighted by Gasteiger charge is 2.26. The Morgan fingerprint density at radius 2 is 1.79 bits per heavy atom. The third-order valence-electron chi connectivity index (χ3n) is 5.79. The van der Waals surface area contributed by atoms with E-state index in [1.807, 2.05) is 44.2 Å². The maximum absolute atomic E-state index is 13.5. The second-order valence-electron chi connectivity index (χ2n) is 7.87. The summed E-state index contributed by atoms with van der Waals surface area (Å²) >= 11 is 0. The van der Waals surface area contributed by atoms with Crippen LogP contribution >= 0.6 is 0 Å². The lowest BCUT2D eigenvalue weighted by Crippen LogP contribution is -2.35. The zero-order valence-electron chi connectivity index (χ0n) is 19.8. The van der Waals surface area contributed by atoms with Gasteiger partial charge in [0.1, 0.15) is 23.1 Å². The van der Waals surface area contributed by atoms with Crippen molar-refractivity contribution >= 4 is 22.5 Å². The van der Waals surface area contributed by atoms with E-state index in [2.05, 4.69) is 15.5 Å². The molecular formula is C25H27N5O4. The van der Waals surface area contributed by atoms with Crippen LogP contribution in [-0.4, -0.2) is 39.7 Å². The number of nitrogens with zero attached hydrogens (tertiary/aromatic N) is 4. The number of fused-ring (bicyclic) bond motifs is 1. The number of hydrogen-bond donors (Lipinski definition) is 1. The van der Waals surface area contributed by atoms with Gasteiger partial charge in [0.05, 0.1) is 42.4 Å². The van der Waals surface area contributed by atoms with Gasteiger partial charge in [-0.15, -0.1) is 0 Å². The maximum atomic E-state index is 13.5. The fourth-order valence-corrected chi connectivity index (χ4v) is 4.00. The van der Waals surface area contributed by atoms with Crippen LogP contribution in [0, 0.1) is 13.8 Å². The second-order valence-corrected chi connectivity index (χ2v) is 7.87. The minimum atomic E-state index is -0.818. The molecule has 9 nitrogen and oxygen atoms in total. The van der Waals surface area contributed by atoms with Crippen LogP contribution < -0.4 is 20.3 Å². The van der Waals surface area contributed by atoms with Crippen molar-refractivity contribution in [2.75, 3.05) is 19.5 Å². The molecule has 0 bridgehead atoms. The van der Waals surface area contributed by atoms with Gasteiger partial charge in [-0.25, -0.2) is 9.36 Å². The molecule has 1 atom stereocenters. The van der Waals surface area contributed by atoms with E-state index in [1.165, 1.54) is 11.8 Å². The number of nitrogens with one attached hydrogen (secondary N) is 1. The molecule has 9 heteroatoms. The molecule has 1 unspecified atom stereocenters. The van der Waals surface area contributed by atoms with E-state index in [4.69, 9.17) is 9.47 Å². The van der Waals surface area contributed by atoms with E-state index in [0.29, 0.717) is 45.9 Å². The molecule has 4 aromatic rings. The molecule has 0 aliphatic rings. The Bertz CT molecular complexity index is 1410. The van der Waals surface area contributed by atoms with E-state index in [1.54, 1.807) is 36.9 Å². The number of anilines is 1. The number of aryl methyl sites for hydroxylation is 2. The highest BCUT2D eigenvalue weighted by Crippen LogP contribution is 2.30. The maximum Gasteiger partial charge on any atom is 0.278 e. The fraction of sp³-hybridized carbons (Fsp3) is 0.280. The van der Waals surface area contributed by atoms with Crippen LogP contribution in [0.25, 0.3) is 16.6 Å². The average Bonchev–Trinajstić information content (AvgIpc) is 3.21. The highest BCUT2D eigenvalue weighted by atomic mass is 16.5. The Balaban J connectivity index is 1.76. The van der Waals surface area contributed by atoms with Crippen LogP contribution in [-0.2, 0) is 4.79 Å². The highest BCUT2D eigenvalue weighted by molar-refractivity contribution is 5.95. The molecular weight excluding hydrogens is 434 g/mol. The quantitative estimate of drug-likeness (QED) is 0.449. The lowest BCUT2D eigenvalue weighted by atomic mass is 10.1. The number of carbonyl (C=O) groups is 1. The SMILES string of the molecule is CCC(C(=O)Nc1ccc(OC)cc1OC)n1nc(C)c2nn(-c3ccccc3)c(C)c2c1=O. The number of aromatic nitrogens is 4. The van der Waals surface area contributed by atoms with Gasteiger partial charge < -0.3 is 14.8 Å². The summed E-state index contributed by atoms with van der Waals surface area (Å²) in [5.74, 6) is 0.689. The Morgan fingerprint density at radius 1 is 1.06 bits per heavy atom. The second kappa shape index (κ2) is 9.38. The van der Waals surface area contributed by atoms with E-state index >= 15 is 0 Å². The summed E-state index contributed by atoms with van der Waals surface area (Å²) < 4.78 is 13.6. The van der Waals surface area contributed by atoms with E-state index < -0.39 is 6.04 Å². The summed E-state index contributed by atoms with van der Waals surface area (Å²) in [6.45, 7) is 5.47. The van der Waals surface area contributed by atoms with E-state index in [0.717, 1.165) is 5.69 Å². The topological polar surface area (TPSA) is 100 Å². The number of para-hydroxylation sites is 1. The van der Waals surface area contributed by atoms with Crippen LogP contribution in [0.4, 0.5) is 5.69 Å². The molecule has 1 amide bonds. The zero-order chi connectivity index (χ0) is 24.4. The Labute approximate surface area is 196 Å². The number of carbonyl (C=O) groups excluding carboxylic acids is 1.